The number of hydrogen-bond acceptors (Lipinski definition) is 11. The molecule has 0 aromatic rings. The van der Waals surface area contributed by atoms with E-state index in [2.05, 4.69) is 115 Å². The van der Waals surface area contributed by atoms with E-state index < -0.39 is 59.8 Å². The molecule has 414 valence electrons. The number of aliphatic hydroxyl groups is 3. The van der Waals surface area contributed by atoms with E-state index in [1.54, 1.807) is 0 Å². The quantitative estimate of drug-likeness (QED) is 0.0196. The van der Waals surface area contributed by atoms with Crippen LogP contribution in [0.1, 0.15) is 206 Å². The van der Waals surface area contributed by atoms with E-state index in [1.165, 1.54) is 96.3 Å². The number of ether oxygens (including phenoxy) is 4. The minimum absolute atomic E-state index is 0.0159. The normalized spacial score (nSPS) is 19.7. The van der Waals surface area contributed by atoms with Crippen LogP contribution in [0.4, 0.5) is 0 Å². The lowest BCUT2D eigenvalue weighted by atomic mass is 9.99. The van der Waals surface area contributed by atoms with Crippen molar-refractivity contribution in [2.24, 2.45) is 0 Å². The van der Waals surface area contributed by atoms with Gasteiger partial charge in [0.25, 0.3) is 0 Å². The largest absolute Gasteiger partial charge is 0.457 e. The van der Waals surface area contributed by atoms with E-state index in [0.29, 0.717) is 13.0 Å². The van der Waals surface area contributed by atoms with Crippen molar-refractivity contribution < 1.29 is 56.2 Å². The highest BCUT2D eigenvalue weighted by Gasteiger charge is 2.48. The number of aliphatic hydroxyl groups excluding tert-OH is 3. The first kappa shape index (κ1) is 67.0. The van der Waals surface area contributed by atoms with Gasteiger partial charge in [-0.1, -0.05) is 201 Å². The monoisotopic (exact) mass is 1030 g/mol. The smallest absolute Gasteiger partial charge is 0.397 e. The Kier molecular flexibility index (Phi) is 45.6. The fraction of sp³-hybridized carbons (Fsp3) is 0.712. The number of carbonyl (C=O) groups is 1. The van der Waals surface area contributed by atoms with Crippen LogP contribution in [-0.4, -0.2) is 97.5 Å². The first-order valence-electron chi connectivity index (χ1n) is 28.0. The molecule has 1 aliphatic heterocycles. The molecule has 0 saturated carbocycles. The Balaban J connectivity index is 2.37. The number of unbranched alkanes of at least 4 members (excludes halogenated alkanes) is 19. The highest BCUT2D eigenvalue weighted by atomic mass is 32.3. The topological polar surface area (TPSA) is 178 Å². The average Bonchev–Trinajstić information content (AvgIpc) is 3.36. The third kappa shape index (κ3) is 41.4. The molecule has 0 amide bonds. The molecular weight excluding hydrogens is 933 g/mol. The van der Waals surface area contributed by atoms with Gasteiger partial charge in [0.1, 0.15) is 30.5 Å². The molecule has 0 radical (unpaired) electrons. The molecule has 0 spiro atoms. The maximum absolute atomic E-state index is 12.9. The number of esters is 1. The molecule has 1 saturated heterocycles. The van der Waals surface area contributed by atoms with Crippen molar-refractivity contribution in [2.75, 3.05) is 26.4 Å². The second-order valence-corrected chi connectivity index (χ2v) is 19.8. The van der Waals surface area contributed by atoms with Crippen molar-refractivity contribution in [3.63, 3.8) is 0 Å². The molecule has 12 nitrogen and oxygen atoms in total. The van der Waals surface area contributed by atoms with E-state index in [-0.39, 0.29) is 19.6 Å². The van der Waals surface area contributed by atoms with Crippen molar-refractivity contribution in [3.8, 4) is 0 Å². The summed E-state index contributed by atoms with van der Waals surface area (Å²) in [5.74, 6) is -0.433. The third-order valence-corrected chi connectivity index (χ3v) is 12.7. The zero-order valence-electron chi connectivity index (χ0n) is 44.7. The van der Waals surface area contributed by atoms with E-state index in [4.69, 9.17) is 18.9 Å². The molecule has 0 bridgehead atoms. The summed E-state index contributed by atoms with van der Waals surface area (Å²) in [6, 6.07) is 0. The molecule has 4 N–H and O–H groups in total. The number of carbonyl (C=O) groups excluding carboxylic acids is 1. The number of allylic oxidation sites excluding steroid dienone is 16. The summed E-state index contributed by atoms with van der Waals surface area (Å²) in [7, 11) is -5.08. The summed E-state index contributed by atoms with van der Waals surface area (Å²) in [5, 5.41) is 30.8. The van der Waals surface area contributed by atoms with Crippen LogP contribution in [0.2, 0.25) is 0 Å². The fourth-order valence-corrected chi connectivity index (χ4v) is 8.51. The minimum Gasteiger partial charge on any atom is -0.457 e. The Hall–Kier alpha value is -2.98. The molecule has 0 aliphatic carbocycles. The highest BCUT2D eigenvalue weighted by molar-refractivity contribution is 7.80. The average molecular weight is 1030 g/mol. The molecule has 1 aliphatic rings. The Bertz CT molecular complexity index is 1620. The van der Waals surface area contributed by atoms with Gasteiger partial charge in [-0.2, -0.15) is 8.42 Å². The van der Waals surface area contributed by atoms with E-state index in [9.17, 15) is 33.1 Å². The van der Waals surface area contributed by atoms with Gasteiger partial charge in [-0.05, 0) is 96.3 Å². The zero-order chi connectivity index (χ0) is 52.4. The molecule has 1 heterocycles. The van der Waals surface area contributed by atoms with Gasteiger partial charge in [-0.25, -0.2) is 4.18 Å². The van der Waals surface area contributed by atoms with Crippen molar-refractivity contribution >= 4 is 16.4 Å². The lowest BCUT2D eigenvalue weighted by molar-refractivity contribution is -0.301. The number of rotatable bonds is 48. The lowest BCUT2D eigenvalue weighted by Gasteiger charge is -2.41. The first-order chi connectivity index (χ1) is 35.1. The van der Waals surface area contributed by atoms with E-state index >= 15 is 0 Å². The molecule has 72 heavy (non-hydrogen) atoms. The molecule has 6 unspecified atom stereocenters. The Morgan fingerprint density at radius 2 is 0.958 bits per heavy atom. The molecular formula is C59H100O12S. The first-order valence-corrected chi connectivity index (χ1v) is 29.4. The van der Waals surface area contributed by atoms with Crippen LogP contribution in [0.15, 0.2) is 97.2 Å². The maximum Gasteiger partial charge on any atom is 0.397 e. The van der Waals surface area contributed by atoms with Gasteiger partial charge < -0.3 is 34.3 Å². The van der Waals surface area contributed by atoms with E-state index in [1.807, 2.05) is 0 Å². The van der Waals surface area contributed by atoms with E-state index in [0.717, 1.165) is 83.5 Å². The summed E-state index contributed by atoms with van der Waals surface area (Å²) < 4.78 is 59.3. The molecule has 13 heteroatoms. The van der Waals surface area contributed by atoms with Gasteiger partial charge in [0.05, 0.1) is 19.8 Å². The van der Waals surface area contributed by atoms with Crippen LogP contribution in [0.25, 0.3) is 0 Å². The summed E-state index contributed by atoms with van der Waals surface area (Å²) in [4.78, 5) is 12.9. The molecule has 0 aromatic carbocycles. The van der Waals surface area contributed by atoms with Crippen LogP contribution in [0, 0.1) is 0 Å². The highest BCUT2D eigenvalue weighted by Crippen LogP contribution is 2.26. The third-order valence-electron chi connectivity index (χ3n) is 12.2. The van der Waals surface area contributed by atoms with Crippen molar-refractivity contribution in [2.45, 2.75) is 243 Å². The summed E-state index contributed by atoms with van der Waals surface area (Å²) in [5.41, 5.74) is 0. The van der Waals surface area contributed by atoms with Crippen LogP contribution in [0.3, 0.4) is 0 Å². The van der Waals surface area contributed by atoms with Crippen LogP contribution in [-0.2, 0) is 38.3 Å². The number of hydrogen-bond donors (Lipinski definition) is 4. The maximum atomic E-state index is 12.9. The Morgan fingerprint density at radius 3 is 1.42 bits per heavy atom. The molecule has 6 atom stereocenters. The van der Waals surface area contributed by atoms with Gasteiger partial charge in [0.15, 0.2) is 6.29 Å². The summed E-state index contributed by atoms with van der Waals surface area (Å²) in [6.07, 6.45) is 58.6. The Morgan fingerprint density at radius 1 is 0.542 bits per heavy atom. The minimum atomic E-state index is -5.08. The predicted molar refractivity (Wildman–Crippen MR) is 294 cm³/mol. The van der Waals surface area contributed by atoms with Gasteiger partial charge in [-0.15, -0.1) is 0 Å². The Labute approximate surface area is 437 Å². The van der Waals surface area contributed by atoms with Crippen LogP contribution < -0.4 is 0 Å². The van der Waals surface area contributed by atoms with Gasteiger partial charge in [0, 0.05) is 13.0 Å². The fourth-order valence-electron chi connectivity index (χ4n) is 8.00. The van der Waals surface area contributed by atoms with Crippen LogP contribution in [0.5, 0.6) is 0 Å². The van der Waals surface area contributed by atoms with Crippen LogP contribution >= 0.6 is 0 Å². The standard InChI is InChI=1S/C59H100O12S/c1-3-5-7-9-11-13-15-17-19-21-23-25-26-27-28-29-30-32-34-36-38-40-42-44-46-48-55(61)69-53(52-68-59-57(63)58(71-72(64,65)66)56(62)54(50-60)70-59)51-67-49-47-45-43-41-39-37-35-33-31-24-22-20-18-16-14-12-10-8-6-4-2/h5,7,11,13,17-20,23,25,27-28,30,32,36,38,53-54,56-60,62-63H,3-4,6,8-10,12,14-16,21-22,24,26,29,31,33-35,37,39-52H2,1-2H3,(H,64,65,66)/b7-5-,13-11-,19-17-,20-18-,25-23-,28-27-,32-30-,38-36-. The van der Waals surface area contributed by atoms with Crippen molar-refractivity contribution in [1.82, 2.24) is 0 Å². The SMILES string of the molecule is CC/C=C\C/C=C\C/C=C\C/C=C\C/C=C\C/C=C\C/C=C\CCCCCC(=O)OC(COCCCCCCCCCCCC/C=C\CCCCCCCC)COC1OC(CO)C(O)C(OS(=O)(=O)O)C1O. The van der Waals surface area contributed by atoms with Crippen molar-refractivity contribution in [1.29, 1.82) is 0 Å². The molecule has 1 rings (SSSR count). The second kappa shape index (κ2) is 48.9. The van der Waals surface area contributed by atoms with Gasteiger partial charge in [0.2, 0.25) is 0 Å². The van der Waals surface area contributed by atoms with Gasteiger partial charge in [-0.3, -0.25) is 9.35 Å². The van der Waals surface area contributed by atoms with Gasteiger partial charge >= 0.3 is 16.4 Å². The summed E-state index contributed by atoms with van der Waals surface area (Å²) in [6.45, 7) is 3.84. The predicted octanol–water partition coefficient (Wildman–Crippen LogP) is 13.8. The second-order valence-electron chi connectivity index (χ2n) is 18.8. The summed E-state index contributed by atoms with van der Waals surface area (Å²) >= 11 is 0. The zero-order valence-corrected chi connectivity index (χ0v) is 45.5. The molecule has 0 aromatic heterocycles. The molecule has 1 fully saturated rings. The van der Waals surface area contributed by atoms with Crippen molar-refractivity contribution in [3.05, 3.63) is 97.2 Å². The lowest BCUT2D eigenvalue weighted by Crippen LogP contribution is -2.60.